The summed E-state index contributed by atoms with van der Waals surface area (Å²) in [6, 6.07) is 5.41. The van der Waals surface area contributed by atoms with Crippen molar-refractivity contribution in [1.82, 2.24) is 0 Å². The first-order chi connectivity index (χ1) is 7.68. The van der Waals surface area contributed by atoms with Crippen molar-refractivity contribution in [2.75, 3.05) is 19.8 Å². The monoisotopic (exact) mass is 324 g/mol. The molecule has 5 heteroatoms. The lowest BCUT2D eigenvalue weighted by Crippen LogP contribution is -2.31. The van der Waals surface area contributed by atoms with Crippen molar-refractivity contribution < 1.29 is 9.47 Å². The average Bonchev–Trinajstić information content (AvgIpc) is 2.32. The summed E-state index contributed by atoms with van der Waals surface area (Å²) >= 11 is 15.7. The molecule has 1 aliphatic heterocycles. The molecule has 1 heterocycles. The van der Waals surface area contributed by atoms with Crippen LogP contribution in [0, 0.1) is 0 Å². The van der Waals surface area contributed by atoms with Gasteiger partial charge in [0, 0.05) is 10.0 Å². The minimum atomic E-state index is -0.0234. The fourth-order valence-electron chi connectivity index (χ4n) is 1.60. The Bertz CT molecular complexity index is 367. The Morgan fingerprint density at radius 1 is 1.31 bits per heavy atom. The number of halogens is 3. The summed E-state index contributed by atoms with van der Waals surface area (Å²) in [6.07, 6.45) is -0.0234. The molecule has 0 radical (unpaired) electrons. The molecule has 1 aromatic carbocycles. The van der Waals surface area contributed by atoms with E-state index >= 15 is 0 Å². The Kier molecular flexibility index (Phi) is 4.50. The molecule has 88 valence electrons. The SMILES string of the molecule is Clc1ccc(Cl)c(C(Br)C2COCCO2)c1. The minimum absolute atomic E-state index is 0.000926. The van der Waals surface area contributed by atoms with Crippen LogP contribution in [-0.4, -0.2) is 25.9 Å². The Morgan fingerprint density at radius 2 is 2.12 bits per heavy atom. The number of rotatable bonds is 2. The van der Waals surface area contributed by atoms with Crippen molar-refractivity contribution in [1.29, 1.82) is 0 Å². The number of ether oxygens (including phenoxy) is 2. The molecule has 1 fully saturated rings. The van der Waals surface area contributed by atoms with Crippen LogP contribution in [0.2, 0.25) is 10.0 Å². The summed E-state index contributed by atoms with van der Waals surface area (Å²) in [6.45, 7) is 1.84. The first kappa shape index (κ1) is 12.7. The number of benzene rings is 1. The molecule has 0 aromatic heterocycles. The summed E-state index contributed by atoms with van der Waals surface area (Å²) in [5, 5.41) is 1.35. The van der Waals surface area contributed by atoms with Crippen LogP contribution in [0.3, 0.4) is 0 Å². The Morgan fingerprint density at radius 3 is 2.81 bits per heavy atom. The Labute approximate surface area is 113 Å². The first-order valence-electron chi connectivity index (χ1n) is 4.97. The molecule has 1 aliphatic rings. The molecule has 0 bridgehead atoms. The van der Waals surface area contributed by atoms with Crippen LogP contribution in [0.5, 0.6) is 0 Å². The lowest BCUT2D eigenvalue weighted by molar-refractivity contribution is -0.0876. The molecule has 1 aromatic rings. The van der Waals surface area contributed by atoms with Crippen molar-refractivity contribution in [3.8, 4) is 0 Å². The van der Waals surface area contributed by atoms with E-state index in [9.17, 15) is 0 Å². The van der Waals surface area contributed by atoms with Gasteiger partial charge in [0.05, 0.1) is 30.8 Å². The van der Waals surface area contributed by atoms with E-state index in [0.29, 0.717) is 29.9 Å². The fraction of sp³-hybridized carbons (Fsp3) is 0.455. The third-order valence-corrected chi connectivity index (χ3v) is 4.09. The zero-order valence-electron chi connectivity index (χ0n) is 8.46. The second-order valence-electron chi connectivity index (χ2n) is 3.55. The molecule has 0 aliphatic carbocycles. The highest BCUT2D eigenvalue weighted by atomic mass is 79.9. The van der Waals surface area contributed by atoms with Gasteiger partial charge < -0.3 is 9.47 Å². The minimum Gasteiger partial charge on any atom is -0.376 e. The van der Waals surface area contributed by atoms with Crippen molar-refractivity contribution >= 4 is 39.1 Å². The van der Waals surface area contributed by atoms with Crippen molar-refractivity contribution in [2.45, 2.75) is 10.9 Å². The van der Waals surface area contributed by atoms with Crippen LogP contribution < -0.4 is 0 Å². The zero-order valence-corrected chi connectivity index (χ0v) is 11.6. The van der Waals surface area contributed by atoms with Crippen LogP contribution in [0.15, 0.2) is 18.2 Å². The number of hydrogen-bond donors (Lipinski definition) is 0. The van der Waals surface area contributed by atoms with Crippen LogP contribution in [0.25, 0.3) is 0 Å². The second-order valence-corrected chi connectivity index (χ2v) is 5.38. The summed E-state index contributed by atoms with van der Waals surface area (Å²) < 4.78 is 11.0. The molecule has 2 rings (SSSR count). The first-order valence-corrected chi connectivity index (χ1v) is 6.64. The molecule has 1 saturated heterocycles. The Hall–Kier alpha value is 0.200. The summed E-state index contributed by atoms with van der Waals surface area (Å²) in [4.78, 5) is -0.000926. The van der Waals surface area contributed by atoms with Crippen LogP contribution in [-0.2, 0) is 9.47 Å². The molecule has 0 saturated carbocycles. The molecule has 2 nitrogen and oxygen atoms in total. The van der Waals surface area contributed by atoms with Crippen molar-refractivity contribution in [3.63, 3.8) is 0 Å². The standard InChI is InChI=1S/C11H11BrCl2O2/c12-11(10-6-15-3-4-16-10)8-5-7(13)1-2-9(8)14/h1-2,5,10-11H,3-4,6H2. The van der Waals surface area contributed by atoms with E-state index < -0.39 is 0 Å². The highest BCUT2D eigenvalue weighted by Crippen LogP contribution is 2.35. The van der Waals surface area contributed by atoms with E-state index in [-0.39, 0.29) is 10.9 Å². The van der Waals surface area contributed by atoms with Crippen molar-refractivity contribution in [2.24, 2.45) is 0 Å². The largest absolute Gasteiger partial charge is 0.376 e. The van der Waals surface area contributed by atoms with E-state index in [0.717, 1.165) is 5.56 Å². The van der Waals surface area contributed by atoms with Gasteiger partial charge in [-0.2, -0.15) is 0 Å². The third kappa shape index (κ3) is 2.90. The highest BCUT2D eigenvalue weighted by molar-refractivity contribution is 9.09. The van der Waals surface area contributed by atoms with E-state index in [2.05, 4.69) is 15.9 Å². The molecule has 16 heavy (non-hydrogen) atoms. The average molecular weight is 326 g/mol. The molecule has 0 N–H and O–H groups in total. The van der Waals surface area contributed by atoms with E-state index in [1.54, 1.807) is 12.1 Å². The van der Waals surface area contributed by atoms with Crippen LogP contribution >= 0.6 is 39.1 Å². The molecule has 2 atom stereocenters. The van der Waals surface area contributed by atoms with Gasteiger partial charge in [-0.25, -0.2) is 0 Å². The van der Waals surface area contributed by atoms with Crippen molar-refractivity contribution in [3.05, 3.63) is 33.8 Å². The van der Waals surface area contributed by atoms with Gasteiger partial charge in [0.25, 0.3) is 0 Å². The quantitative estimate of drug-likeness (QED) is 0.769. The van der Waals surface area contributed by atoms with Gasteiger partial charge in [0.15, 0.2) is 0 Å². The molecule has 2 unspecified atom stereocenters. The van der Waals surface area contributed by atoms with Crippen LogP contribution in [0.1, 0.15) is 10.4 Å². The lowest BCUT2D eigenvalue weighted by atomic mass is 10.1. The van der Waals surface area contributed by atoms with Gasteiger partial charge in [-0.15, -0.1) is 0 Å². The maximum Gasteiger partial charge on any atom is 0.0975 e. The maximum atomic E-state index is 6.13. The highest BCUT2D eigenvalue weighted by Gasteiger charge is 2.26. The molecule has 0 amide bonds. The smallest absolute Gasteiger partial charge is 0.0975 e. The van der Waals surface area contributed by atoms with E-state index in [1.807, 2.05) is 6.07 Å². The van der Waals surface area contributed by atoms with Gasteiger partial charge in [-0.05, 0) is 23.8 Å². The third-order valence-electron chi connectivity index (χ3n) is 2.42. The Balaban J connectivity index is 2.18. The summed E-state index contributed by atoms with van der Waals surface area (Å²) in [5.74, 6) is 0. The summed E-state index contributed by atoms with van der Waals surface area (Å²) in [5.41, 5.74) is 0.935. The topological polar surface area (TPSA) is 18.5 Å². The fourth-order valence-corrected chi connectivity index (χ4v) is 2.83. The predicted molar refractivity (Wildman–Crippen MR) is 68.7 cm³/mol. The lowest BCUT2D eigenvalue weighted by Gasteiger charge is -2.27. The summed E-state index contributed by atoms with van der Waals surface area (Å²) in [7, 11) is 0. The number of alkyl halides is 1. The van der Waals surface area contributed by atoms with Gasteiger partial charge in [0.1, 0.15) is 0 Å². The van der Waals surface area contributed by atoms with E-state index in [4.69, 9.17) is 32.7 Å². The predicted octanol–water partition coefficient (Wildman–Crippen LogP) is 3.84. The molecule has 0 spiro atoms. The van der Waals surface area contributed by atoms with Gasteiger partial charge in [-0.3, -0.25) is 0 Å². The molecular formula is C11H11BrCl2O2. The molecular weight excluding hydrogens is 315 g/mol. The normalized spacial score (nSPS) is 23.1. The van der Waals surface area contributed by atoms with Crippen LogP contribution in [0.4, 0.5) is 0 Å². The van der Waals surface area contributed by atoms with E-state index in [1.165, 1.54) is 0 Å². The maximum absolute atomic E-state index is 6.13. The second kappa shape index (κ2) is 5.69. The zero-order chi connectivity index (χ0) is 11.5. The van der Waals surface area contributed by atoms with Gasteiger partial charge in [-0.1, -0.05) is 39.1 Å². The van der Waals surface area contributed by atoms with Gasteiger partial charge >= 0.3 is 0 Å². The number of hydrogen-bond acceptors (Lipinski definition) is 2. The van der Waals surface area contributed by atoms with Gasteiger partial charge in [0.2, 0.25) is 0 Å².